The minimum absolute atomic E-state index is 0.0942. The van der Waals surface area contributed by atoms with Gasteiger partial charge in [-0.15, -0.1) is 0 Å². The van der Waals surface area contributed by atoms with Crippen LogP contribution in [0.15, 0.2) is 84.0 Å². The van der Waals surface area contributed by atoms with Gasteiger partial charge in [-0.05, 0) is 35.4 Å². The van der Waals surface area contributed by atoms with Crippen LogP contribution in [0.5, 0.6) is 0 Å². The van der Waals surface area contributed by atoms with Crippen molar-refractivity contribution in [1.29, 1.82) is 0 Å². The Balaban J connectivity index is 1.97. The molecule has 6 nitrogen and oxygen atoms in total. The van der Waals surface area contributed by atoms with E-state index in [0.29, 0.717) is 11.1 Å². The first-order valence-corrected chi connectivity index (χ1v) is 10.9. The van der Waals surface area contributed by atoms with Crippen molar-refractivity contribution in [2.75, 3.05) is 0 Å². The van der Waals surface area contributed by atoms with Crippen LogP contribution in [0.4, 0.5) is 13.2 Å². The number of sulfonamides is 1. The van der Waals surface area contributed by atoms with E-state index >= 15 is 0 Å². The van der Waals surface area contributed by atoms with E-state index in [1.807, 2.05) is 0 Å². The number of aromatic nitrogens is 3. The number of pyridine rings is 1. The second kappa shape index (κ2) is 8.21. The number of rotatable bonds is 5. The van der Waals surface area contributed by atoms with Crippen molar-refractivity contribution in [3.8, 4) is 22.4 Å². The molecule has 0 radical (unpaired) electrons. The number of halogens is 3. The lowest BCUT2D eigenvalue weighted by Crippen LogP contribution is -2.16. The molecule has 0 unspecified atom stereocenters. The quantitative estimate of drug-likeness (QED) is 0.482. The maximum absolute atomic E-state index is 14.3. The van der Waals surface area contributed by atoms with Gasteiger partial charge in [0.1, 0.15) is 5.69 Å². The lowest BCUT2D eigenvalue weighted by Gasteiger charge is -2.13. The Bertz CT molecular complexity index is 1340. The maximum atomic E-state index is 14.3. The predicted molar refractivity (Wildman–Crippen MR) is 113 cm³/mol. The fourth-order valence-corrected chi connectivity index (χ4v) is 3.93. The van der Waals surface area contributed by atoms with Crippen molar-refractivity contribution >= 4 is 10.0 Å². The normalized spacial score (nSPS) is 12.1. The van der Waals surface area contributed by atoms with Crippen molar-refractivity contribution < 1.29 is 21.6 Å². The van der Waals surface area contributed by atoms with Crippen LogP contribution in [0.1, 0.15) is 11.3 Å². The Kier molecular flexibility index (Phi) is 5.57. The molecule has 0 atom stereocenters. The van der Waals surface area contributed by atoms with E-state index in [4.69, 9.17) is 5.14 Å². The lowest BCUT2D eigenvalue weighted by molar-refractivity contribution is -0.143. The minimum Gasteiger partial charge on any atom is -0.265 e. The summed E-state index contributed by atoms with van der Waals surface area (Å²) in [5.74, 6) is 0. The summed E-state index contributed by atoms with van der Waals surface area (Å²) in [6, 6.07) is 16.8. The number of nitrogens with two attached hydrogens (primary N) is 1. The van der Waals surface area contributed by atoms with E-state index in [9.17, 15) is 21.6 Å². The zero-order valence-corrected chi connectivity index (χ0v) is 17.3. The van der Waals surface area contributed by atoms with Gasteiger partial charge in [0.2, 0.25) is 10.0 Å². The molecule has 4 aromatic rings. The van der Waals surface area contributed by atoms with E-state index in [1.54, 1.807) is 42.5 Å². The second-order valence-electron chi connectivity index (χ2n) is 7.02. The topological polar surface area (TPSA) is 90.9 Å². The summed E-state index contributed by atoms with van der Waals surface area (Å²) in [4.78, 5) is 3.72. The van der Waals surface area contributed by atoms with Crippen molar-refractivity contribution in [3.05, 3.63) is 90.4 Å². The first-order chi connectivity index (χ1) is 15.1. The molecule has 0 saturated carbocycles. The van der Waals surface area contributed by atoms with Crippen molar-refractivity contribution in [3.63, 3.8) is 0 Å². The zero-order chi connectivity index (χ0) is 22.9. The molecule has 2 N–H and O–H groups in total. The molecule has 164 valence electrons. The van der Waals surface area contributed by atoms with Crippen molar-refractivity contribution in [2.45, 2.75) is 17.6 Å². The number of benzene rings is 2. The minimum atomic E-state index is -4.72. The van der Waals surface area contributed by atoms with Gasteiger partial charge in [0.15, 0.2) is 5.69 Å². The van der Waals surface area contributed by atoms with Gasteiger partial charge in [0.25, 0.3) is 0 Å². The van der Waals surface area contributed by atoms with Crippen LogP contribution in [0.25, 0.3) is 22.4 Å². The van der Waals surface area contributed by atoms with Gasteiger partial charge < -0.3 is 0 Å². The van der Waals surface area contributed by atoms with Gasteiger partial charge in [-0.3, -0.25) is 9.67 Å². The van der Waals surface area contributed by atoms with Crippen LogP contribution in [0, 0.1) is 0 Å². The van der Waals surface area contributed by atoms with E-state index in [-0.39, 0.29) is 28.3 Å². The molecule has 0 bridgehead atoms. The van der Waals surface area contributed by atoms with Gasteiger partial charge in [-0.2, -0.15) is 18.3 Å². The van der Waals surface area contributed by atoms with E-state index in [0.717, 1.165) is 4.68 Å². The third kappa shape index (κ3) is 4.41. The molecule has 10 heteroatoms. The van der Waals surface area contributed by atoms with E-state index in [1.165, 1.54) is 36.7 Å². The second-order valence-corrected chi connectivity index (χ2v) is 8.58. The largest absolute Gasteiger partial charge is 0.433 e. The average Bonchev–Trinajstić information content (AvgIpc) is 3.14. The number of hydrogen-bond acceptors (Lipinski definition) is 4. The predicted octanol–water partition coefficient (Wildman–Crippen LogP) is 4.33. The molecule has 0 amide bonds. The van der Waals surface area contributed by atoms with Gasteiger partial charge in [0.05, 0.1) is 11.4 Å². The standard InChI is InChI=1S/C22H17F3N4O2S/c23-22(24,25)21-19(16-6-8-18(9-7-16)32(26,30)31)20(17-10-12-27-13-11-17)28-29(21)14-15-4-2-1-3-5-15/h1-13H,14H2,(H2,26,30,31). The Labute approximate surface area is 182 Å². The molecule has 2 heterocycles. The molecular weight excluding hydrogens is 441 g/mol. The molecule has 0 aliphatic rings. The Morgan fingerprint density at radius 1 is 0.875 bits per heavy atom. The summed E-state index contributed by atoms with van der Waals surface area (Å²) in [5.41, 5.74) is 0.285. The first-order valence-electron chi connectivity index (χ1n) is 9.40. The Hall–Kier alpha value is -3.50. The molecule has 0 aliphatic heterocycles. The highest BCUT2D eigenvalue weighted by Gasteiger charge is 2.40. The number of nitrogens with zero attached hydrogens (tertiary/aromatic N) is 3. The van der Waals surface area contributed by atoms with Gasteiger partial charge in [0, 0.05) is 23.5 Å². The summed E-state index contributed by atoms with van der Waals surface area (Å²) in [6.45, 7) is -0.0942. The highest BCUT2D eigenvalue weighted by molar-refractivity contribution is 7.89. The van der Waals surface area contributed by atoms with Crippen LogP contribution in [-0.2, 0) is 22.7 Å². The summed E-state index contributed by atoms with van der Waals surface area (Å²) < 4.78 is 67.0. The molecule has 0 aliphatic carbocycles. The summed E-state index contributed by atoms with van der Waals surface area (Å²) in [7, 11) is -3.99. The Morgan fingerprint density at radius 3 is 2.06 bits per heavy atom. The molecule has 0 saturated heterocycles. The third-order valence-electron chi connectivity index (χ3n) is 4.82. The zero-order valence-electron chi connectivity index (χ0n) is 16.5. The lowest BCUT2D eigenvalue weighted by atomic mass is 9.99. The smallest absolute Gasteiger partial charge is 0.265 e. The molecular formula is C22H17F3N4O2S. The first kappa shape index (κ1) is 21.7. The maximum Gasteiger partial charge on any atom is 0.433 e. The number of hydrogen-bond donors (Lipinski definition) is 1. The van der Waals surface area contributed by atoms with Crippen LogP contribution in [-0.4, -0.2) is 23.2 Å². The van der Waals surface area contributed by atoms with Gasteiger partial charge in [-0.1, -0.05) is 42.5 Å². The van der Waals surface area contributed by atoms with E-state index in [2.05, 4.69) is 10.1 Å². The summed E-state index contributed by atoms with van der Waals surface area (Å²) in [5, 5.41) is 9.44. The summed E-state index contributed by atoms with van der Waals surface area (Å²) in [6.07, 6.45) is -1.79. The third-order valence-corrected chi connectivity index (χ3v) is 5.75. The Morgan fingerprint density at radius 2 is 1.50 bits per heavy atom. The molecule has 0 fully saturated rings. The van der Waals surface area contributed by atoms with Gasteiger partial charge >= 0.3 is 6.18 Å². The van der Waals surface area contributed by atoms with Crippen LogP contribution in [0.3, 0.4) is 0 Å². The highest BCUT2D eigenvalue weighted by atomic mass is 32.2. The van der Waals surface area contributed by atoms with Crippen LogP contribution < -0.4 is 5.14 Å². The average molecular weight is 458 g/mol. The number of alkyl halides is 3. The van der Waals surface area contributed by atoms with Crippen molar-refractivity contribution in [2.24, 2.45) is 5.14 Å². The van der Waals surface area contributed by atoms with Gasteiger partial charge in [-0.25, -0.2) is 13.6 Å². The van der Waals surface area contributed by atoms with E-state index < -0.39 is 21.9 Å². The molecule has 32 heavy (non-hydrogen) atoms. The fourth-order valence-electron chi connectivity index (χ4n) is 3.42. The fraction of sp³-hybridized carbons (Fsp3) is 0.0909. The molecule has 4 rings (SSSR count). The monoisotopic (exact) mass is 458 g/mol. The summed E-state index contributed by atoms with van der Waals surface area (Å²) >= 11 is 0. The SMILES string of the molecule is NS(=O)(=O)c1ccc(-c2c(-c3ccncc3)nn(Cc3ccccc3)c2C(F)(F)F)cc1. The van der Waals surface area contributed by atoms with Crippen LogP contribution in [0.2, 0.25) is 0 Å². The van der Waals surface area contributed by atoms with Crippen LogP contribution >= 0.6 is 0 Å². The molecule has 0 spiro atoms. The highest BCUT2D eigenvalue weighted by Crippen LogP contribution is 2.43. The molecule has 2 aromatic heterocycles. The number of primary sulfonamides is 1. The molecule has 2 aromatic carbocycles. The van der Waals surface area contributed by atoms with Crippen molar-refractivity contribution in [1.82, 2.24) is 14.8 Å².